The molecule has 0 saturated carbocycles. The molecule has 0 radical (unpaired) electrons. The number of halogens is 1. The maximum Gasteiger partial charge on any atom is 0.258 e. The first-order valence-electron chi connectivity index (χ1n) is 9.66. The van der Waals surface area contributed by atoms with Crippen molar-refractivity contribution in [3.8, 4) is 11.4 Å². The molecule has 0 fully saturated rings. The second kappa shape index (κ2) is 12.1. The summed E-state index contributed by atoms with van der Waals surface area (Å²) < 4.78 is 32.9. The van der Waals surface area contributed by atoms with Gasteiger partial charge in [0, 0.05) is 6.54 Å². The summed E-state index contributed by atoms with van der Waals surface area (Å²) in [5.41, 5.74) is 2.82. The standard InChI is InChI=1S/C21H23N5O5S.ClH/c1-2-3-14-31-19-8-10-20(11-9-19)32(29,30)25(16-21(27)24-28)15-17-4-6-18(7-5-17)26-22-12-13-23-26;/h2,4-13,28H,1,3,14-16H2,(H,24,27);1H. The van der Waals surface area contributed by atoms with Crippen LogP contribution >= 0.6 is 12.4 Å². The molecule has 1 aromatic heterocycles. The van der Waals surface area contributed by atoms with Gasteiger partial charge >= 0.3 is 0 Å². The molecule has 12 heteroatoms. The highest BCUT2D eigenvalue weighted by Crippen LogP contribution is 2.22. The highest BCUT2D eigenvalue weighted by atomic mass is 35.5. The lowest BCUT2D eigenvalue weighted by Gasteiger charge is -2.21. The molecule has 33 heavy (non-hydrogen) atoms. The Balaban J connectivity index is 0.00000385. The summed E-state index contributed by atoms with van der Waals surface area (Å²) in [7, 11) is -4.04. The van der Waals surface area contributed by atoms with Crippen LogP contribution in [0.2, 0.25) is 0 Å². The Labute approximate surface area is 197 Å². The number of benzene rings is 2. The van der Waals surface area contributed by atoms with Gasteiger partial charge in [-0.1, -0.05) is 18.2 Å². The second-order valence-corrected chi connectivity index (χ2v) is 8.63. The van der Waals surface area contributed by atoms with E-state index in [0.29, 0.717) is 30.0 Å². The van der Waals surface area contributed by atoms with Gasteiger partial charge in [-0.05, 0) is 48.4 Å². The number of nitrogens with one attached hydrogen (secondary N) is 1. The zero-order valence-corrected chi connectivity index (χ0v) is 19.2. The van der Waals surface area contributed by atoms with E-state index in [1.807, 2.05) is 0 Å². The topological polar surface area (TPSA) is 127 Å². The van der Waals surface area contributed by atoms with E-state index in [2.05, 4.69) is 16.8 Å². The molecule has 0 aliphatic heterocycles. The lowest BCUT2D eigenvalue weighted by atomic mass is 10.2. The van der Waals surface area contributed by atoms with Crippen LogP contribution in [0, 0.1) is 0 Å². The predicted molar refractivity (Wildman–Crippen MR) is 123 cm³/mol. The Morgan fingerprint density at radius 1 is 1.12 bits per heavy atom. The third-order valence-corrected chi connectivity index (χ3v) is 6.25. The highest BCUT2D eigenvalue weighted by molar-refractivity contribution is 7.89. The van der Waals surface area contributed by atoms with Crippen molar-refractivity contribution in [2.45, 2.75) is 17.9 Å². The van der Waals surface area contributed by atoms with Crippen LogP contribution in [0.5, 0.6) is 5.75 Å². The summed E-state index contributed by atoms with van der Waals surface area (Å²) in [6.45, 7) is 3.41. The molecular weight excluding hydrogens is 470 g/mol. The van der Waals surface area contributed by atoms with Gasteiger partial charge in [-0.2, -0.15) is 19.3 Å². The molecule has 1 amide bonds. The van der Waals surface area contributed by atoms with E-state index in [1.165, 1.54) is 22.4 Å². The van der Waals surface area contributed by atoms with Gasteiger partial charge in [-0.25, -0.2) is 13.9 Å². The summed E-state index contributed by atoms with van der Waals surface area (Å²) >= 11 is 0. The predicted octanol–water partition coefficient (Wildman–Crippen LogP) is 2.34. The number of carbonyl (C=O) groups is 1. The Morgan fingerprint density at radius 3 is 2.33 bits per heavy atom. The van der Waals surface area contributed by atoms with Gasteiger partial charge in [-0.15, -0.1) is 19.0 Å². The molecule has 0 unspecified atom stereocenters. The van der Waals surface area contributed by atoms with Gasteiger partial charge in [0.25, 0.3) is 5.91 Å². The van der Waals surface area contributed by atoms with E-state index in [1.54, 1.807) is 54.9 Å². The highest BCUT2D eigenvalue weighted by Gasteiger charge is 2.27. The summed E-state index contributed by atoms with van der Waals surface area (Å²) in [5, 5.41) is 17.0. The summed E-state index contributed by atoms with van der Waals surface area (Å²) in [4.78, 5) is 13.2. The van der Waals surface area contributed by atoms with Gasteiger partial charge in [-0.3, -0.25) is 10.0 Å². The molecule has 0 bridgehead atoms. The number of carbonyl (C=O) groups excluding carboxylic acids is 1. The average Bonchev–Trinajstić information content (AvgIpc) is 3.34. The van der Waals surface area contributed by atoms with Crippen LogP contribution in [0.4, 0.5) is 0 Å². The van der Waals surface area contributed by atoms with E-state index >= 15 is 0 Å². The SMILES string of the molecule is C=CCCOc1ccc(S(=O)(=O)N(CC(=O)NO)Cc2ccc(-n3nccn3)cc2)cc1.Cl. The van der Waals surface area contributed by atoms with Gasteiger partial charge in [0.15, 0.2) is 0 Å². The number of hydrogen-bond acceptors (Lipinski definition) is 7. The normalized spacial score (nSPS) is 11.0. The molecule has 2 aromatic carbocycles. The quantitative estimate of drug-likeness (QED) is 0.182. The molecular formula is C21H24ClN5O5S. The number of nitrogens with zero attached hydrogens (tertiary/aromatic N) is 4. The van der Waals surface area contributed by atoms with Crippen LogP contribution in [0.25, 0.3) is 5.69 Å². The largest absolute Gasteiger partial charge is 0.493 e. The van der Waals surface area contributed by atoms with Crippen molar-refractivity contribution in [2.24, 2.45) is 0 Å². The smallest absolute Gasteiger partial charge is 0.258 e. The van der Waals surface area contributed by atoms with Gasteiger partial charge in [0.2, 0.25) is 10.0 Å². The third-order valence-electron chi connectivity index (χ3n) is 4.44. The van der Waals surface area contributed by atoms with Crippen LogP contribution in [0.3, 0.4) is 0 Å². The van der Waals surface area contributed by atoms with E-state index in [0.717, 1.165) is 4.31 Å². The van der Waals surface area contributed by atoms with E-state index in [9.17, 15) is 13.2 Å². The number of amides is 1. The lowest BCUT2D eigenvalue weighted by molar-refractivity contribution is -0.129. The number of ether oxygens (including phenoxy) is 1. The molecule has 3 aromatic rings. The molecule has 176 valence electrons. The summed E-state index contributed by atoms with van der Waals surface area (Å²) in [6, 6.07) is 12.8. The van der Waals surface area contributed by atoms with Crippen molar-refractivity contribution in [1.29, 1.82) is 0 Å². The van der Waals surface area contributed by atoms with Crippen LogP contribution in [-0.2, 0) is 21.4 Å². The molecule has 0 saturated heterocycles. The number of hydroxylamine groups is 1. The Morgan fingerprint density at radius 2 is 1.76 bits per heavy atom. The van der Waals surface area contributed by atoms with Crippen LogP contribution in [0.15, 0.2) is 78.5 Å². The van der Waals surface area contributed by atoms with Crippen molar-refractivity contribution >= 4 is 28.3 Å². The van der Waals surface area contributed by atoms with Crippen LogP contribution < -0.4 is 10.2 Å². The molecule has 1 heterocycles. The fourth-order valence-corrected chi connectivity index (χ4v) is 4.21. The van der Waals surface area contributed by atoms with Gasteiger partial charge in [0.1, 0.15) is 5.75 Å². The van der Waals surface area contributed by atoms with E-state index in [4.69, 9.17) is 9.94 Å². The van der Waals surface area contributed by atoms with Gasteiger partial charge in [0.05, 0.1) is 36.1 Å². The Bertz CT molecular complexity index is 1140. The zero-order chi connectivity index (χ0) is 23.0. The first-order chi connectivity index (χ1) is 15.4. The third kappa shape index (κ3) is 6.86. The van der Waals surface area contributed by atoms with E-state index in [-0.39, 0.29) is 23.8 Å². The van der Waals surface area contributed by atoms with Crippen molar-refractivity contribution in [2.75, 3.05) is 13.2 Å². The molecule has 0 spiro atoms. The molecule has 0 aliphatic rings. The maximum atomic E-state index is 13.2. The summed E-state index contributed by atoms with van der Waals surface area (Å²) in [5.74, 6) is -0.330. The first-order valence-corrected chi connectivity index (χ1v) is 11.1. The number of sulfonamides is 1. The second-order valence-electron chi connectivity index (χ2n) is 6.69. The Kier molecular flexibility index (Phi) is 9.55. The number of aromatic nitrogens is 3. The molecule has 3 rings (SSSR count). The fraction of sp³-hybridized carbons (Fsp3) is 0.190. The van der Waals surface area contributed by atoms with E-state index < -0.39 is 22.5 Å². The van der Waals surface area contributed by atoms with Crippen molar-refractivity contribution in [1.82, 2.24) is 24.8 Å². The molecule has 10 nitrogen and oxygen atoms in total. The van der Waals surface area contributed by atoms with Gasteiger partial charge < -0.3 is 4.74 Å². The van der Waals surface area contributed by atoms with Crippen LogP contribution in [0.1, 0.15) is 12.0 Å². The Hall–Kier alpha value is -3.25. The van der Waals surface area contributed by atoms with Crippen molar-refractivity contribution in [3.05, 3.63) is 79.1 Å². The number of hydrogen-bond donors (Lipinski definition) is 2. The average molecular weight is 494 g/mol. The van der Waals surface area contributed by atoms with Crippen molar-refractivity contribution in [3.63, 3.8) is 0 Å². The fourth-order valence-electron chi connectivity index (χ4n) is 2.83. The maximum absolute atomic E-state index is 13.2. The number of rotatable bonds is 11. The molecule has 2 N–H and O–H groups in total. The molecule has 0 atom stereocenters. The minimum absolute atomic E-state index is 0. The van der Waals surface area contributed by atoms with Crippen molar-refractivity contribution < 1.29 is 23.2 Å². The summed E-state index contributed by atoms with van der Waals surface area (Å²) in [6.07, 6.45) is 5.48. The zero-order valence-electron chi connectivity index (χ0n) is 17.6. The monoisotopic (exact) mass is 493 g/mol. The van der Waals surface area contributed by atoms with Crippen LogP contribution in [-0.4, -0.2) is 52.0 Å². The lowest BCUT2D eigenvalue weighted by Crippen LogP contribution is -2.39. The molecule has 0 aliphatic carbocycles. The minimum Gasteiger partial charge on any atom is -0.493 e. The minimum atomic E-state index is -4.04. The first kappa shape index (κ1) is 26.0.